The van der Waals surface area contributed by atoms with Crippen molar-refractivity contribution >= 4 is 0 Å². The SMILES string of the molecule is C/C=C\N1C=CC(C)=C(C)/C1=C/C. The fraction of sp³-hybridized carbons (Fsp3) is 0.333. The molecule has 0 aliphatic carbocycles. The van der Waals surface area contributed by atoms with Crippen LogP contribution in [0.4, 0.5) is 0 Å². The number of hydrogen-bond acceptors (Lipinski definition) is 1. The lowest BCUT2D eigenvalue weighted by Crippen LogP contribution is -2.13. The van der Waals surface area contributed by atoms with Crippen molar-refractivity contribution in [3.8, 4) is 0 Å². The normalized spacial score (nSPS) is 20.9. The lowest BCUT2D eigenvalue weighted by Gasteiger charge is -2.25. The molecule has 1 aliphatic rings. The molecular weight excluding hydrogens is 158 g/mol. The zero-order chi connectivity index (χ0) is 9.84. The van der Waals surface area contributed by atoms with E-state index in [9.17, 15) is 0 Å². The largest absolute Gasteiger partial charge is 0.324 e. The van der Waals surface area contributed by atoms with Gasteiger partial charge in [-0.2, -0.15) is 0 Å². The fourth-order valence-electron chi connectivity index (χ4n) is 1.45. The van der Waals surface area contributed by atoms with Gasteiger partial charge in [0.25, 0.3) is 0 Å². The van der Waals surface area contributed by atoms with E-state index in [4.69, 9.17) is 0 Å². The summed E-state index contributed by atoms with van der Waals surface area (Å²) in [5, 5.41) is 0. The zero-order valence-corrected chi connectivity index (χ0v) is 8.83. The molecule has 1 aliphatic heterocycles. The Morgan fingerprint density at radius 3 is 2.46 bits per heavy atom. The van der Waals surface area contributed by atoms with Crippen molar-refractivity contribution in [2.75, 3.05) is 0 Å². The summed E-state index contributed by atoms with van der Waals surface area (Å²) in [7, 11) is 0. The first kappa shape index (κ1) is 9.85. The Bertz CT molecular complexity index is 303. The summed E-state index contributed by atoms with van der Waals surface area (Å²) in [5.41, 5.74) is 3.97. The van der Waals surface area contributed by atoms with Crippen LogP contribution in [-0.2, 0) is 0 Å². The molecule has 1 nitrogen and oxygen atoms in total. The Morgan fingerprint density at radius 2 is 1.92 bits per heavy atom. The van der Waals surface area contributed by atoms with Crippen LogP contribution in [0.15, 0.2) is 47.5 Å². The van der Waals surface area contributed by atoms with Crippen molar-refractivity contribution in [1.29, 1.82) is 0 Å². The predicted octanol–water partition coefficient (Wildman–Crippen LogP) is 3.59. The number of allylic oxidation sites excluding steroid dienone is 5. The van der Waals surface area contributed by atoms with Gasteiger partial charge in [0.2, 0.25) is 0 Å². The molecular formula is C12H17N. The Morgan fingerprint density at radius 1 is 1.23 bits per heavy atom. The molecule has 0 radical (unpaired) electrons. The third-order valence-corrected chi connectivity index (χ3v) is 2.32. The lowest BCUT2D eigenvalue weighted by molar-refractivity contribution is 0.625. The van der Waals surface area contributed by atoms with Crippen LogP contribution < -0.4 is 0 Å². The number of rotatable bonds is 1. The van der Waals surface area contributed by atoms with Crippen molar-refractivity contribution in [1.82, 2.24) is 4.90 Å². The summed E-state index contributed by atoms with van der Waals surface area (Å²) in [6.45, 7) is 8.40. The summed E-state index contributed by atoms with van der Waals surface area (Å²) >= 11 is 0. The van der Waals surface area contributed by atoms with Crippen molar-refractivity contribution < 1.29 is 0 Å². The van der Waals surface area contributed by atoms with Crippen LogP contribution in [-0.4, -0.2) is 4.90 Å². The molecule has 1 heteroatoms. The zero-order valence-electron chi connectivity index (χ0n) is 8.83. The molecule has 0 amide bonds. The monoisotopic (exact) mass is 175 g/mol. The van der Waals surface area contributed by atoms with E-state index in [0.717, 1.165) is 0 Å². The average molecular weight is 175 g/mol. The smallest absolute Gasteiger partial charge is 0.0438 e. The first-order chi connectivity index (χ1) is 6.20. The summed E-state index contributed by atoms with van der Waals surface area (Å²) < 4.78 is 0. The molecule has 0 saturated carbocycles. The van der Waals surface area contributed by atoms with Crippen LogP contribution in [0.5, 0.6) is 0 Å². The standard InChI is InChI=1S/C12H17N/c1-5-8-13-9-7-10(3)11(4)12(13)6-2/h5-9H,1-4H3/b8-5-,12-6-. The lowest BCUT2D eigenvalue weighted by atomic mass is 10.0. The minimum atomic E-state index is 1.28. The summed E-state index contributed by atoms with van der Waals surface area (Å²) in [5.74, 6) is 0. The van der Waals surface area contributed by atoms with Gasteiger partial charge in [-0.3, -0.25) is 0 Å². The molecule has 0 atom stereocenters. The van der Waals surface area contributed by atoms with E-state index in [1.807, 2.05) is 13.0 Å². The summed E-state index contributed by atoms with van der Waals surface area (Å²) in [6, 6.07) is 0. The second kappa shape index (κ2) is 4.13. The van der Waals surface area contributed by atoms with Crippen LogP contribution >= 0.6 is 0 Å². The van der Waals surface area contributed by atoms with E-state index in [0.29, 0.717) is 0 Å². The van der Waals surface area contributed by atoms with Crippen molar-refractivity contribution in [2.45, 2.75) is 27.7 Å². The molecule has 0 unspecified atom stereocenters. The number of nitrogens with zero attached hydrogens (tertiary/aromatic N) is 1. The van der Waals surface area contributed by atoms with Crippen LogP contribution in [0.2, 0.25) is 0 Å². The van der Waals surface area contributed by atoms with E-state index in [1.165, 1.54) is 16.8 Å². The Labute approximate surface area is 80.7 Å². The summed E-state index contributed by atoms with van der Waals surface area (Å²) in [6.07, 6.45) is 10.5. The molecule has 0 aromatic carbocycles. The van der Waals surface area contributed by atoms with E-state index < -0.39 is 0 Å². The molecule has 0 N–H and O–H groups in total. The first-order valence-electron chi connectivity index (χ1n) is 4.64. The average Bonchev–Trinajstić information content (AvgIpc) is 2.12. The molecule has 70 valence electrons. The van der Waals surface area contributed by atoms with Gasteiger partial charge in [-0.1, -0.05) is 12.2 Å². The van der Waals surface area contributed by atoms with Gasteiger partial charge in [0.15, 0.2) is 0 Å². The van der Waals surface area contributed by atoms with Gasteiger partial charge in [-0.15, -0.1) is 0 Å². The molecule has 0 fully saturated rings. The predicted molar refractivity (Wildman–Crippen MR) is 57.9 cm³/mol. The molecule has 0 spiro atoms. The third kappa shape index (κ3) is 1.92. The van der Waals surface area contributed by atoms with Gasteiger partial charge in [0.1, 0.15) is 0 Å². The van der Waals surface area contributed by atoms with Crippen LogP contribution in [0.3, 0.4) is 0 Å². The molecule has 0 aromatic rings. The minimum Gasteiger partial charge on any atom is -0.324 e. The fourth-order valence-corrected chi connectivity index (χ4v) is 1.45. The molecule has 0 aromatic heterocycles. The van der Waals surface area contributed by atoms with Crippen molar-refractivity contribution in [2.24, 2.45) is 0 Å². The Balaban J connectivity index is 3.04. The Hall–Kier alpha value is -1.24. The molecule has 1 rings (SSSR count). The maximum Gasteiger partial charge on any atom is 0.0438 e. The Kier molecular flexibility index (Phi) is 3.13. The third-order valence-electron chi connectivity index (χ3n) is 2.32. The van der Waals surface area contributed by atoms with E-state index in [1.54, 1.807) is 0 Å². The maximum absolute atomic E-state index is 2.16. The van der Waals surface area contributed by atoms with Gasteiger partial charge in [0, 0.05) is 18.1 Å². The second-order valence-electron chi connectivity index (χ2n) is 3.19. The molecule has 0 saturated heterocycles. The molecule has 1 heterocycles. The minimum absolute atomic E-state index is 1.28. The van der Waals surface area contributed by atoms with Gasteiger partial charge >= 0.3 is 0 Å². The van der Waals surface area contributed by atoms with Gasteiger partial charge in [-0.25, -0.2) is 0 Å². The second-order valence-corrected chi connectivity index (χ2v) is 3.19. The van der Waals surface area contributed by atoms with E-state index in [2.05, 4.69) is 50.2 Å². The van der Waals surface area contributed by atoms with E-state index in [-0.39, 0.29) is 0 Å². The quantitative estimate of drug-likeness (QED) is 0.588. The first-order valence-corrected chi connectivity index (χ1v) is 4.64. The highest BCUT2D eigenvalue weighted by Gasteiger charge is 2.10. The van der Waals surface area contributed by atoms with Crippen LogP contribution in [0.25, 0.3) is 0 Å². The van der Waals surface area contributed by atoms with Crippen molar-refractivity contribution in [3.05, 3.63) is 47.5 Å². The number of hydrogen-bond donors (Lipinski definition) is 0. The molecule has 0 bridgehead atoms. The topological polar surface area (TPSA) is 3.24 Å². The van der Waals surface area contributed by atoms with Crippen LogP contribution in [0, 0.1) is 0 Å². The van der Waals surface area contributed by atoms with E-state index >= 15 is 0 Å². The maximum atomic E-state index is 2.16. The highest BCUT2D eigenvalue weighted by molar-refractivity contribution is 5.42. The van der Waals surface area contributed by atoms with Gasteiger partial charge < -0.3 is 4.90 Å². The molecule has 13 heavy (non-hydrogen) atoms. The van der Waals surface area contributed by atoms with Crippen LogP contribution in [0.1, 0.15) is 27.7 Å². The highest BCUT2D eigenvalue weighted by atomic mass is 15.1. The highest BCUT2D eigenvalue weighted by Crippen LogP contribution is 2.24. The van der Waals surface area contributed by atoms with Crippen molar-refractivity contribution in [3.63, 3.8) is 0 Å². The van der Waals surface area contributed by atoms with Gasteiger partial charge in [-0.05, 0) is 44.9 Å². The van der Waals surface area contributed by atoms with Gasteiger partial charge in [0.05, 0.1) is 0 Å². The summed E-state index contributed by atoms with van der Waals surface area (Å²) in [4.78, 5) is 2.14.